The second-order valence-corrected chi connectivity index (χ2v) is 6.34. The summed E-state index contributed by atoms with van der Waals surface area (Å²) in [5, 5.41) is 0. The summed E-state index contributed by atoms with van der Waals surface area (Å²) in [6.07, 6.45) is 0. The van der Waals surface area contributed by atoms with Crippen LogP contribution >= 0.6 is 0 Å². The first-order valence-corrected chi connectivity index (χ1v) is 8.11. The number of sulfonamides is 1. The van der Waals surface area contributed by atoms with E-state index in [0.29, 0.717) is 5.75 Å². The number of rotatable bonds is 6. The van der Waals surface area contributed by atoms with Crippen molar-refractivity contribution in [3.05, 3.63) is 59.9 Å². The van der Waals surface area contributed by atoms with Gasteiger partial charge in [-0.2, -0.15) is 0 Å². The lowest BCUT2D eigenvalue weighted by Crippen LogP contribution is -2.43. The topological polar surface area (TPSA) is 84.5 Å². The van der Waals surface area contributed by atoms with Gasteiger partial charge in [-0.1, -0.05) is 18.2 Å². The van der Waals surface area contributed by atoms with Gasteiger partial charge in [0.15, 0.2) is 6.61 Å². The number of carbonyl (C=O) groups excluding carboxylic acids is 1. The highest BCUT2D eigenvalue weighted by atomic mass is 32.2. The number of para-hydroxylation sites is 1. The van der Waals surface area contributed by atoms with Crippen LogP contribution in [0.1, 0.15) is 5.56 Å². The maximum atomic E-state index is 12.8. The van der Waals surface area contributed by atoms with Crippen LogP contribution in [0.15, 0.2) is 53.4 Å². The van der Waals surface area contributed by atoms with Gasteiger partial charge in [0, 0.05) is 0 Å². The van der Waals surface area contributed by atoms with Crippen molar-refractivity contribution >= 4 is 15.9 Å². The van der Waals surface area contributed by atoms with E-state index in [4.69, 9.17) is 4.74 Å². The summed E-state index contributed by atoms with van der Waals surface area (Å²) in [5.74, 6) is -0.692. The van der Waals surface area contributed by atoms with E-state index < -0.39 is 21.7 Å². The fraction of sp³-hybridized carbons (Fsp3) is 0.133. The molecule has 122 valence electrons. The molecule has 0 aliphatic carbocycles. The summed E-state index contributed by atoms with van der Waals surface area (Å²) >= 11 is 0. The van der Waals surface area contributed by atoms with E-state index in [1.807, 2.05) is 29.3 Å². The molecule has 0 aliphatic heterocycles. The first-order chi connectivity index (χ1) is 10.9. The van der Waals surface area contributed by atoms with E-state index in [-0.39, 0.29) is 11.5 Å². The third-order valence-corrected chi connectivity index (χ3v) is 4.16. The number of amides is 1. The summed E-state index contributed by atoms with van der Waals surface area (Å²) in [6.45, 7) is 1.47. The predicted octanol–water partition coefficient (Wildman–Crippen LogP) is 1.52. The lowest BCUT2D eigenvalue weighted by molar-refractivity contribution is -0.123. The van der Waals surface area contributed by atoms with Gasteiger partial charge in [-0.25, -0.2) is 12.8 Å². The minimum absolute atomic E-state index is 0.168. The Hall–Kier alpha value is -2.45. The molecule has 0 unspecified atom stereocenters. The van der Waals surface area contributed by atoms with Crippen molar-refractivity contribution < 1.29 is 22.3 Å². The third kappa shape index (κ3) is 4.76. The Balaban J connectivity index is 1.89. The predicted molar refractivity (Wildman–Crippen MR) is 81.5 cm³/mol. The molecule has 0 aliphatic rings. The Morgan fingerprint density at radius 2 is 1.78 bits per heavy atom. The monoisotopic (exact) mass is 338 g/mol. The minimum atomic E-state index is -3.97. The van der Waals surface area contributed by atoms with Gasteiger partial charge in [-0.3, -0.25) is 10.2 Å². The molecule has 2 rings (SSSR count). The van der Waals surface area contributed by atoms with Gasteiger partial charge in [-0.05, 0) is 42.8 Å². The Morgan fingerprint density at radius 1 is 1.13 bits per heavy atom. The molecule has 0 spiro atoms. The van der Waals surface area contributed by atoms with Crippen LogP contribution in [0.3, 0.4) is 0 Å². The maximum Gasteiger partial charge on any atom is 0.272 e. The molecule has 0 heterocycles. The van der Waals surface area contributed by atoms with E-state index in [9.17, 15) is 17.6 Å². The highest BCUT2D eigenvalue weighted by Crippen LogP contribution is 2.15. The van der Waals surface area contributed by atoms with Gasteiger partial charge in [0.05, 0.1) is 4.90 Å². The molecule has 0 radical (unpaired) electrons. The van der Waals surface area contributed by atoms with E-state index in [0.717, 1.165) is 29.8 Å². The van der Waals surface area contributed by atoms with Gasteiger partial charge >= 0.3 is 0 Å². The Kier molecular flexibility index (Phi) is 5.30. The molecular weight excluding hydrogens is 323 g/mol. The number of hydrogen-bond donors (Lipinski definition) is 2. The Morgan fingerprint density at radius 3 is 2.43 bits per heavy atom. The molecular formula is C15H15FN2O4S. The molecule has 0 fully saturated rings. The van der Waals surface area contributed by atoms with Crippen LogP contribution < -0.4 is 15.0 Å². The van der Waals surface area contributed by atoms with Crippen LogP contribution in [-0.4, -0.2) is 20.9 Å². The van der Waals surface area contributed by atoms with Crippen molar-refractivity contribution in [2.75, 3.05) is 6.61 Å². The van der Waals surface area contributed by atoms with E-state index in [2.05, 4.69) is 0 Å². The molecule has 0 saturated carbocycles. The van der Waals surface area contributed by atoms with Crippen LogP contribution in [0.5, 0.6) is 5.75 Å². The summed E-state index contributed by atoms with van der Waals surface area (Å²) in [6, 6.07) is 11.3. The second kappa shape index (κ2) is 7.21. The van der Waals surface area contributed by atoms with Gasteiger partial charge in [0.25, 0.3) is 15.9 Å². The zero-order valence-corrected chi connectivity index (χ0v) is 13.1. The number of carbonyl (C=O) groups is 1. The molecule has 8 heteroatoms. The molecule has 23 heavy (non-hydrogen) atoms. The molecule has 0 atom stereocenters. The summed E-state index contributed by atoms with van der Waals surface area (Å²) in [4.78, 5) is 13.4. The fourth-order valence-electron chi connectivity index (χ4n) is 1.69. The summed E-state index contributed by atoms with van der Waals surface area (Å²) < 4.78 is 41.8. The largest absolute Gasteiger partial charge is 0.483 e. The summed E-state index contributed by atoms with van der Waals surface area (Å²) in [7, 11) is -3.97. The normalized spacial score (nSPS) is 11.0. The first-order valence-electron chi connectivity index (χ1n) is 6.63. The lowest BCUT2D eigenvalue weighted by Gasteiger charge is -2.10. The average molecular weight is 338 g/mol. The number of hydrogen-bond acceptors (Lipinski definition) is 4. The quantitative estimate of drug-likeness (QED) is 0.782. The number of nitrogens with one attached hydrogen (secondary N) is 2. The maximum absolute atomic E-state index is 12.8. The van der Waals surface area contributed by atoms with Crippen molar-refractivity contribution in [1.82, 2.24) is 10.3 Å². The lowest BCUT2D eigenvalue weighted by atomic mass is 10.2. The molecule has 2 aromatic carbocycles. The SMILES string of the molecule is Cc1ccccc1OCC(=O)NNS(=O)(=O)c1ccc(F)cc1. The van der Waals surface area contributed by atoms with Crippen molar-refractivity contribution in [3.8, 4) is 5.75 Å². The molecule has 6 nitrogen and oxygen atoms in total. The molecule has 0 bridgehead atoms. The van der Waals surface area contributed by atoms with Crippen LogP contribution in [0, 0.1) is 12.7 Å². The Bertz CT molecular complexity index is 791. The standard InChI is InChI=1S/C15H15FN2O4S/c1-11-4-2-3-5-14(11)22-10-15(19)17-18-23(20,21)13-8-6-12(16)7-9-13/h2-9,18H,10H2,1H3,(H,17,19). The minimum Gasteiger partial charge on any atom is -0.483 e. The van der Waals surface area contributed by atoms with Gasteiger partial charge in [0.2, 0.25) is 0 Å². The average Bonchev–Trinajstić information content (AvgIpc) is 2.53. The highest BCUT2D eigenvalue weighted by Gasteiger charge is 2.15. The molecule has 0 saturated heterocycles. The molecule has 1 amide bonds. The van der Waals surface area contributed by atoms with E-state index >= 15 is 0 Å². The van der Waals surface area contributed by atoms with Crippen molar-refractivity contribution in [2.24, 2.45) is 0 Å². The van der Waals surface area contributed by atoms with Gasteiger partial charge in [-0.15, -0.1) is 4.83 Å². The van der Waals surface area contributed by atoms with Crippen molar-refractivity contribution in [3.63, 3.8) is 0 Å². The number of hydrazine groups is 1. The van der Waals surface area contributed by atoms with Crippen LogP contribution in [0.4, 0.5) is 4.39 Å². The fourth-order valence-corrected chi connectivity index (χ4v) is 2.55. The first kappa shape index (κ1) is 16.9. The Labute approximate surface area is 133 Å². The van der Waals surface area contributed by atoms with Crippen LogP contribution in [-0.2, 0) is 14.8 Å². The zero-order valence-electron chi connectivity index (χ0n) is 12.2. The number of halogens is 1. The van der Waals surface area contributed by atoms with Crippen LogP contribution in [0.2, 0.25) is 0 Å². The second-order valence-electron chi connectivity index (χ2n) is 4.66. The summed E-state index contributed by atoms with van der Waals surface area (Å²) in [5.41, 5.74) is 2.88. The zero-order chi connectivity index (χ0) is 16.9. The van der Waals surface area contributed by atoms with Crippen LogP contribution in [0.25, 0.3) is 0 Å². The van der Waals surface area contributed by atoms with Gasteiger partial charge < -0.3 is 4.74 Å². The molecule has 2 aromatic rings. The number of aryl methyl sites for hydroxylation is 1. The smallest absolute Gasteiger partial charge is 0.272 e. The van der Waals surface area contributed by atoms with E-state index in [1.54, 1.807) is 12.1 Å². The third-order valence-electron chi connectivity index (χ3n) is 2.90. The number of ether oxygens (including phenoxy) is 1. The number of benzene rings is 2. The van der Waals surface area contributed by atoms with Crippen molar-refractivity contribution in [1.29, 1.82) is 0 Å². The van der Waals surface area contributed by atoms with Gasteiger partial charge in [0.1, 0.15) is 11.6 Å². The van der Waals surface area contributed by atoms with Crippen molar-refractivity contribution in [2.45, 2.75) is 11.8 Å². The van der Waals surface area contributed by atoms with E-state index in [1.165, 1.54) is 0 Å². The highest BCUT2D eigenvalue weighted by molar-refractivity contribution is 7.89. The molecule has 0 aromatic heterocycles. The molecule has 2 N–H and O–H groups in total.